The van der Waals surface area contributed by atoms with E-state index < -0.39 is 48.6 Å². The van der Waals surface area contributed by atoms with Gasteiger partial charge in [-0.2, -0.15) is 39.7 Å². The third-order valence-electron chi connectivity index (χ3n) is 14.4. The fourth-order valence-electron chi connectivity index (χ4n) is 10.4. The summed E-state index contributed by atoms with van der Waals surface area (Å²) in [5.74, 6) is 2.48. The van der Waals surface area contributed by atoms with Crippen molar-refractivity contribution in [1.29, 1.82) is 0 Å². The molecule has 8 heterocycles. The van der Waals surface area contributed by atoms with Crippen LogP contribution in [0, 0.1) is 0 Å². The molecule has 11 rings (SSSR count). The Hall–Kier alpha value is -7.23. The maximum Gasteiger partial charge on any atom is 0.226 e. The van der Waals surface area contributed by atoms with Crippen LogP contribution in [0.3, 0.4) is 0 Å². The summed E-state index contributed by atoms with van der Waals surface area (Å²) >= 11 is 0. The van der Waals surface area contributed by atoms with Gasteiger partial charge in [-0.25, -0.2) is 19.9 Å². The van der Waals surface area contributed by atoms with Crippen molar-refractivity contribution in [3.05, 3.63) is 66.8 Å². The highest BCUT2D eigenvalue weighted by Gasteiger charge is 2.47. The molecule has 0 radical (unpaired) electrons. The molecule has 8 aromatic rings. The number of hydrogen-bond donors (Lipinski definition) is 8. The van der Waals surface area contributed by atoms with Crippen LogP contribution in [0.1, 0.15) is 99.4 Å². The fraction of sp³-hybridized carbons (Fsp3) is 0.578. The zero-order valence-electron chi connectivity index (χ0n) is 40.6. The molecule has 8 aromatic heterocycles. The second kappa shape index (κ2) is 19.8. The first-order chi connectivity index (χ1) is 35.0. The summed E-state index contributed by atoms with van der Waals surface area (Å²) in [6.07, 6.45) is 14.5. The Kier molecular flexibility index (Phi) is 12.9. The van der Waals surface area contributed by atoms with Gasteiger partial charge in [-0.05, 0) is 50.2 Å². The number of nitrogens with one attached hydrogen (secondary N) is 4. The van der Waals surface area contributed by atoms with Crippen molar-refractivity contribution in [3.8, 4) is 0 Å². The first-order valence-corrected chi connectivity index (χ1v) is 24.8. The molecule has 3 aliphatic carbocycles. The molecule has 27 nitrogen and oxygen atoms in total. The lowest BCUT2D eigenvalue weighted by atomic mass is 9.91. The van der Waals surface area contributed by atoms with E-state index in [9.17, 15) is 20.4 Å². The van der Waals surface area contributed by atoms with Gasteiger partial charge in [0, 0.05) is 70.9 Å². The number of imidazole rings is 4. The number of rotatable bonds is 18. The Morgan fingerprint density at radius 2 is 1.07 bits per heavy atom. The Labute approximate surface area is 412 Å². The van der Waals surface area contributed by atoms with Gasteiger partial charge in [0.15, 0.2) is 39.8 Å². The predicted octanol–water partition coefficient (Wildman–Crippen LogP) is 1.10. The third kappa shape index (κ3) is 9.27. The van der Waals surface area contributed by atoms with Crippen LogP contribution in [0.15, 0.2) is 43.9 Å². The Balaban J connectivity index is 0.821. The van der Waals surface area contributed by atoms with E-state index in [1.807, 2.05) is 58.6 Å². The Morgan fingerprint density at radius 3 is 1.51 bits per heavy atom. The number of aliphatic hydroxyl groups excluding tert-OH is 4. The molecule has 72 heavy (non-hydrogen) atoms. The molecule has 0 amide bonds. The van der Waals surface area contributed by atoms with Gasteiger partial charge in [-0.15, -0.1) is 10.2 Å². The first-order valence-electron chi connectivity index (χ1n) is 24.8. The number of aromatic nitrogens is 19. The number of aryl methyl sites for hydroxylation is 4. The Bertz CT molecular complexity index is 2920. The normalized spacial score (nSPS) is 25.5. The summed E-state index contributed by atoms with van der Waals surface area (Å²) in [7, 11) is 3.87. The predicted molar refractivity (Wildman–Crippen MR) is 261 cm³/mol. The number of aliphatic hydroxyl groups is 4. The molecular formula is C45H61N23O4. The number of hydrogen-bond acceptors (Lipinski definition) is 21. The van der Waals surface area contributed by atoms with E-state index >= 15 is 0 Å². The van der Waals surface area contributed by atoms with Gasteiger partial charge < -0.3 is 60.0 Å². The van der Waals surface area contributed by atoms with Crippen molar-refractivity contribution in [2.45, 2.75) is 139 Å². The van der Waals surface area contributed by atoms with Gasteiger partial charge in [0.25, 0.3) is 0 Å². The monoisotopic (exact) mass is 988 g/mol. The summed E-state index contributed by atoms with van der Waals surface area (Å²) in [5, 5.41) is 81.2. The van der Waals surface area contributed by atoms with Crippen molar-refractivity contribution in [2.24, 2.45) is 14.1 Å². The molecule has 3 saturated carbocycles. The van der Waals surface area contributed by atoms with Crippen molar-refractivity contribution in [1.82, 2.24) is 93.3 Å². The van der Waals surface area contributed by atoms with E-state index in [0.717, 1.165) is 42.8 Å². The van der Waals surface area contributed by atoms with Crippen LogP contribution in [0.2, 0.25) is 0 Å². The molecule has 0 spiro atoms. The SMILES string of the molecule is CCc1cnn([C@H]2C[C@@H](n3cnc4c(N[C@H]5CC[C@H](Nc6nc(NCCc7cn(C)cn7)nc7c6ncn7[C@@H]6C[C@H](n7nnc(CC)n7)[C@@H](O)[C@H]6O)CC5)nc(NCCc5cn(C)cn5)nc43)[C@H](O)[C@@H]2O)n1. The van der Waals surface area contributed by atoms with E-state index in [-0.39, 0.29) is 12.1 Å². The lowest BCUT2D eigenvalue weighted by Crippen LogP contribution is -2.33. The van der Waals surface area contributed by atoms with E-state index in [1.165, 1.54) is 9.59 Å². The fourth-order valence-corrected chi connectivity index (χ4v) is 10.4. The van der Waals surface area contributed by atoms with E-state index in [2.05, 4.69) is 56.8 Å². The van der Waals surface area contributed by atoms with Crippen LogP contribution < -0.4 is 21.3 Å². The topological polar surface area (TPSA) is 326 Å². The molecule has 27 heteroatoms. The highest BCUT2D eigenvalue weighted by atomic mass is 16.3. The summed E-state index contributed by atoms with van der Waals surface area (Å²) in [4.78, 5) is 41.2. The maximum absolute atomic E-state index is 11.5. The van der Waals surface area contributed by atoms with Crippen LogP contribution in [0.4, 0.5) is 23.5 Å². The van der Waals surface area contributed by atoms with Gasteiger partial charge in [-0.3, -0.25) is 0 Å². The molecule has 380 valence electrons. The molecule has 8 N–H and O–H groups in total. The minimum Gasteiger partial charge on any atom is -0.388 e. The Morgan fingerprint density at radius 1 is 0.569 bits per heavy atom. The highest BCUT2D eigenvalue weighted by molar-refractivity contribution is 5.85. The smallest absolute Gasteiger partial charge is 0.226 e. The van der Waals surface area contributed by atoms with Crippen LogP contribution in [-0.2, 0) is 39.8 Å². The zero-order chi connectivity index (χ0) is 49.6. The lowest BCUT2D eigenvalue weighted by molar-refractivity contribution is 0.00473. The second-order valence-electron chi connectivity index (χ2n) is 19.3. The average molecular weight is 988 g/mol. The van der Waals surface area contributed by atoms with Crippen molar-refractivity contribution in [2.75, 3.05) is 34.4 Å². The highest BCUT2D eigenvalue weighted by Crippen LogP contribution is 2.42. The van der Waals surface area contributed by atoms with Crippen molar-refractivity contribution >= 4 is 45.9 Å². The minimum atomic E-state index is -1.14. The minimum absolute atomic E-state index is 0.0384. The standard InChI is InChI=1S/C45H61N23O4/c1-5-24-17-52-67(60-24)31-15-29(36(69)38(31)71)65-22-50-34-40(55-44(57-42(34)65)46-13-11-27-18-63(3)20-48-27)53-25-7-9-26(10-8-25)54-41-35-43(58-45(56-41)47-14-12-28-19-64(4)21-49-28)66(23-51-35)30-16-32(39(72)37(30)70)68-61-33(6-2)59-62-68/h17-23,25-26,29-32,36-39,69-72H,5-16H2,1-4H3,(H2,46,53,55,57)(H2,47,54,56,58)/t25-,26-,29-,30-,31+,32+,36+,37+,38-,39-/m1/s1. The zero-order valence-corrected chi connectivity index (χ0v) is 40.6. The molecule has 0 bridgehead atoms. The van der Waals surface area contributed by atoms with Crippen LogP contribution >= 0.6 is 0 Å². The molecule has 3 aliphatic rings. The van der Waals surface area contributed by atoms with Crippen LogP contribution in [0.5, 0.6) is 0 Å². The van der Waals surface area contributed by atoms with Gasteiger partial charge in [0.1, 0.15) is 36.5 Å². The first kappa shape index (κ1) is 47.1. The maximum atomic E-state index is 11.5. The summed E-state index contributed by atoms with van der Waals surface area (Å²) in [5.41, 5.74) is 4.81. The number of anilines is 4. The van der Waals surface area contributed by atoms with E-state index in [1.54, 1.807) is 31.5 Å². The second-order valence-corrected chi connectivity index (χ2v) is 19.3. The van der Waals surface area contributed by atoms with Crippen LogP contribution in [-0.4, -0.2) is 163 Å². The molecule has 0 unspecified atom stereocenters. The summed E-state index contributed by atoms with van der Waals surface area (Å²) < 4.78 is 7.47. The van der Waals surface area contributed by atoms with Gasteiger partial charge >= 0.3 is 0 Å². The molecule has 0 aromatic carbocycles. The quantitative estimate of drug-likeness (QED) is 0.0597. The molecule has 8 atom stereocenters. The lowest BCUT2D eigenvalue weighted by Gasteiger charge is -2.30. The molecule has 0 saturated heterocycles. The van der Waals surface area contributed by atoms with Gasteiger partial charge in [0.2, 0.25) is 11.9 Å². The number of fused-ring (bicyclic) bond motifs is 2. The summed E-state index contributed by atoms with van der Waals surface area (Å²) in [6, 6.07) is -2.17. The summed E-state index contributed by atoms with van der Waals surface area (Å²) in [6.45, 7) is 4.99. The molecular weight excluding hydrogens is 927 g/mol. The van der Waals surface area contributed by atoms with Crippen molar-refractivity contribution in [3.63, 3.8) is 0 Å². The largest absolute Gasteiger partial charge is 0.388 e. The van der Waals surface area contributed by atoms with E-state index in [0.29, 0.717) is 103 Å². The van der Waals surface area contributed by atoms with Crippen LogP contribution in [0.25, 0.3) is 22.3 Å². The molecule has 3 fully saturated rings. The van der Waals surface area contributed by atoms with Gasteiger partial charge in [0.05, 0.1) is 60.7 Å². The number of tetrazole rings is 1. The van der Waals surface area contributed by atoms with Gasteiger partial charge in [-0.1, -0.05) is 13.8 Å². The van der Waals surface area contributed by atoms with E-state index in [4.69, 9.17) is 29.9 Å². The third-order valence-corrected chi connectivity index (χ3v) is 14.4. The van der Waals surface area contributed by atoms with Crippen molar-refractivity contribution < 1.29 is 20.4 Å². The number of nitrogens with zero attached hydrogens (tertiary/aromatic N) is 19. The molecule has 0 aliphatic heterocycles. The average Bonchev–Trinajstić information content (AvgIpc) is 4.26.